The summed E-state index contributed by atoms with van der Waals surface area (Å²) in [7, 11) is 0. The summed E-state index contributed by atoms with van der Waals surface area (Å²) in [6, 6.07) is 14.2. The lowest BCUT2D eigenvalue weighted by Gasteiger charge is -2.29. The van der Waals surface area contributed by atoms with E-state index < -0.39 is 12.4 Å². The Kier molecular flexibility index (Phi) is 4.43. The average molecular weight is 364 g/mol. The van der Waals surface area contributed by atoms with Gasteiger partial charge in [0.05, 0.1) is 18.4 Å². The molecule has 0 bridgehead atoms. The summed E-state index contributed by atoms with van der Waals surface area (Å²) >= 11 is 0. The molecule has 1 amide bonds. The van der Waals surface area contributed by atoms with Crippen molar-refractivity contribution in [2.45, 2.75) is 6.54 Å². The molecule has 27 heavy (non-hydrogen) atoms. The van der Waals surface area contributed by atoms with Crippen molar-refractivity contribution in [2.75, 3.05) is 18.1 Å². The molecule has 0 unspecified atom stereocenters. The molecule has 0 saturated heterocycles. The molecule has 0 spiro atoms. The monoisotopic (exact) mass is 364 g/mol. The third kappa shape index (κ3) is 3.32. The highest BCUT2D eigenvalue weighted by Crippen LogP contribution is 2.34. The SMILES string of the molecule is O=C(CO)c1ccc2c(c1)N(Cc1cnc(-c3ccccc3)o1)C(=O)CO2. The fraction of sp³-hybridized carbons (Fsp3) is 0.150. The highest BCUT2D eigenvalue weighted by Gasteiger charge is 2.27. The zero-order valence-corrected chi connectivity index (χ0v) is 14.3. The molecule has 7 nitrogen and oxygen atoms in total. The molecular formula is C20H16N2O5. The van der Waals surface area contributed by atoms with E-state index in [1.54, 1.807) is 24.4 Å². The Morgan fingerprint density at radius 1 is 1.19 bits per heavy atom. The topological polar surface area (TPSA) is 92.9 Å². The molecule has 4 rings (SSSR count). The van der Waals surface area contributed by atoms with E-state index >= 15 is 0 Å². The number of amides is 1. The lowest BCUT2D eigenvalue weighted by Crippen LogP contribution is -2.38. The Morgan fingerprint density at radius 2 is 2.00 bits per heavy atom. The number of rotatable bonds is 5. The number of fused-ring (bicyclic) bond motifs is 1. The van der Waals surface area contributed by atoms with Gasteiger partial charge in [-0.25, -0.2) is 4.98 Å². The van der Waals surface area contributed by atoms with Gasteiger partial charge in [-0.3, -0.25) is 14.5 Å². The van der Waals surface area contributed by atoms with Crippen LogP contribution in [-0.4, -0.2) is 35.0 Å². The van der Waals surface area contributed by atoms with Crippen LogP contribution >= 0.6 is 0 Å². The first kappa shape index (κ1) is 17.0. The zero-order valence-electron chi connectivity index (χ0n) is 14.3. The fourth-order valence-electron chi connectivity index (χ4n) is 2.89. The van der Waals surface area contributed by atoms with Crippen LogP contribution in [0.4, 0.5) is 5.69 Å². The second-order valence-corrected chi connectivity index (χ2v) is 6.03. The predicted molar refractivity (Wildman–Crippen MR) is 96.5 cm³/mol. The number of oxazole rings is 1. The Bertz CT molecular complexity index is 997. The summed E-state index contributed by atoms with van der Waals surface area (Å²) in [4.78, 5) is 29.9. The van der Waals surface area contributed by atoms with Gasteiger partial charge in [-0.05, 0) is 30.3 Å². The number of hydrogen-bond acceptors (Lipinski definition) is 6. The molecule has 0 radical (unpaired) electrons. The van der Waals surface area contributed by atoms with Gasteiger partial charge in [0.1, 0.15) is 18.1 Å². The molecule has 1 N–H and O–H groups in total. The number of aliphatic hydroxyl groups excluding tert-OH is 1. The van der Waals surface area contributed by atoms with Gasteiger partial charge in [0.25, 0.3) is 5.91 Å². The minimum absolute atomic E-state index is 0.0972. The van der Waals surface area contributed by atoms with Crippen molar-refractivity contribution in [3.63, 3.8) is 0 Å². The van der Waals surface area contributed by atoms with Crippen LogP contribution in [0.3, 0.4) is 0 Å². The van der Waals surface area contributed by atoms with Gasteiger partial charge in [-0.1, -0.05) is 18.2 Å². The van der Waals surface area contributed by atoms with Crippen molar-refractivity contribution < 1.29 is 23.8 Å². The third-order valence-corrected chi connectivity index (χ3v) is 4.26. The van der Waals surface area contributed by atoms with Crippen LogP contribution in [0.25, 0.3) is 11.5 Å². The van der Waals surface area contributed by atoms with Crippen LogP contribution < -0.4 is 9.64 Å². The van der Waals surface area contributed by atoms with Crippen molar-refractivity contribution in [1.82, 2.24) is 4.98 Å². The summed E-state index contributed by atoms with van der Waals surface area (Å²) < 4.78 is 11.2. The quantitative estimate of drug-likeness (QED) is 0.699. The summed E-state index contributed by atoms with van der Waals surface area (Å²) in [5.41, 5.74) is 1.61. The number of aliphatic hydroxyl groups is 1. The number of ether oxygens (including phenoxy) is 1. The Balaban J connectivity index is 1.64. The van der Waals surface area contributed by atoms with Crippen LogP contribution in [0.1, 0.15) is 16.1 Å². The smallest absolute Gasteiger partial charge is 0.265 e. The molecule has 1 aliphatic heterocycles. The van der Waals surface area contributed by atoms with Gasteiger partial charge in [0, 0.05) is 11.1 Å². The number of ketones is 1. The van der Waals surface area contributed by atoms with Gasteiger partial charge in [0.15, 0.2) is 12.4 Å². The van der Waals surface area contributed by atoms with Crippen LogP contribution in [0, 0.1) is 0 Å². The van der Waals surface area contributed by atoms with Crippen molar-refractivity contribution >= 4 is 17.4 Å². The number of carbonyl (C=O) groups is 2. The van der Waals surface area contributed by atoms with E-state index in [0.717, 1.165) is 5.56 Å². The molecule has 136 valence electrons. The molecule has 0 fully saturated rings. The second-order valence-electron chi connectivity index (χ2n) is 6.03. The lowest BCUT2D eigenvalue weighted by atomic mass is 10.1. The van der Waals surface area contributed by atoms with Crippen LogP contribution in [0.15, 0.2) is 59.1 Å². The number of carbonyl (C=O) groups excluding carboxylic acids is 2. The van der Waals surface area contributed by atoms with E-state index in [1.165, 1.54) is 4.90 Å². The molecule has 1 aliphatic rings. The molecule has 0 atom stereocenters. The van der Waals surface area contributed by atoms with Crippen molar-refractivity contribution in [3.8, 4) is 17.2 Å². The lowest BCUT2D eigenvalue weighted by molar-refractivity contribution is -0.121. The minimum atomic E-state index is -0.601. The maximum absolute atomic E-state index is 12.4. The van der Waals surface area contributed by atoms with E-state index in [9.17, 15) is 9.59 Å². The number of nitrogens with zero attached hydrogens (tertiary/aromatic N) is 2. The number of hydrogen-bond donors (Lipinski definition) is 1. The molecule has 2 aromatic carbocycles. The number of aromatic nitrogens is 1. The molecular weight excluding hydrogens is 348 g/mol. The molecule has 0 aliphatic carbocycles. The van der Waals surface area contributed by atoms with Crippen LogP contribution in [0.2, 0.25) is 0 Å². The molecule has 3 aromatic rings. The van der Waals surface area contributed by atoms with Crippen LogP contribution in [0.5, 0.6) is 5.75 Å². The highest BCUT2D eigenvalue weighted by molar-refractivity contribution is 6.02. The van der Waals surface area contributed by atoms with E-state index in [2.05, 4.69) is 4.98 Å². The van der Waals surface area contributed by atoms with Crippen LogP contribution in [-0.2, 0) is 11.3 Å². The normalized spacial score (nSPS) is 13.2. The Hall–Kier alpha value is -3.45. The Labute approximate surface area is 154 Å². The fourth-order valence-corrected chi connectivity index (χ4v) is 2.89. The number of anilines is 1. The summed E-state index contributed by atoms with van der Waals surface area (Å²) in [5, 5.41) is 9.07. The Morgan fingerprint density at radius 3 is 2.78 bits per heavy atom. The van der Waals surface area contributed by atoms with Gasteiger partial charge in [-0.2, -0.15) is 0 Å². The maximum Gasteiger partial charge on any atom is 0.265 e. The first-order valence-electron chi connectivity index (χ1n) is 8.37. The molecule has 7 heteroatoms. The average Bonchev–Trinajstić information content (AvgIpc) is 3.18. The zero-order chi connectivity index (χ0) is 18.8. The van der Waals surface area contributed by atoms with Crippen molar-refractivity contribution in [1.29, 1.82) is 0 Å². The van der Waals surface area contributed by atoms with E-state index in [1.807, 2.05) is 30.3 Å². The second kappa shape index (κ2) is 7.05. The first-order valence-corrected chi connectivity index (χ1v) is 8.37. The third-order valence-electron chi connectivity index (χ3n) is 4.26. The molecule has 2 heterocycles. The van der Waals surface area contributed by atoms with Gasteiger partial charge < -0.3 is 14.3 Å². The van der Waals surface area contributed by atoms with E-state index in [0.29, 0.717) is 28.7 Å². The first-order chi connectivity index (χ1) is 13.2. The minimum Gasteiger partial charge on any atom is -0.482 e. The van der Waals surface area contributed by atoms with Gasteiger partial charge in [-0.15, -0.1) is 0 Å². The molecule has 0 saturated carbocycles. The predicted octanol–water partition coefficient (Wildman–Crippen LogP) is 2.44. The van der Waals surface area contributed by atoms with Crippen molar-refractivity contribution in [3.05, 3.63) is 66.1 Å². The van der Waals surface area contributed by atoms with E-state index in [4.69, 9.17) is 14.3 Å². The number of Topliss-reactive ketones (excluding diaryl/α,β-unsaturated/α-hetero) is 1. The van der Waals surface area contributed by atoms with E-state index in [-0.39, 0.29) is 19.1 Å². The van der Waals surface area contributed by atoms with Gasteiger partial charge >= 0.3 is 0 Å². The summed E-state index contributed by atoms with van der Waals surface area (Å²) in [6.45, 7) is -0.540. The molecule has 1 aromatic heterocycles. The maximum atomic E-state index is 12.4. The number of benzene rings is 2. The standard InChI is InChI=1S/C20H16N2O5/c23-11-17(24)14-6-7-18-16(8-14)22(19(25)12-26-18)10-15-9-21-20(27-15)13-4-2-1-3-5-13/h1-9,23H,10-12H2. The summed E-state index contributed by atoms with van der Waals surface area (Å²) in [5.74, 6) is 0.784. The van der Waals surface area contributed by atoms with Crippen molar-refractivity contribution in [2.24, 2.45) is 0 Å². The van der Waals surface area contributed by atoms with Gasteiger partial charge in [0.2, 0.25) is 5.89 Å². The summed E-state index contributed by atoms with van der Waals surface area (Å²) in [6.07, 6.45) is 1.58. The largest absolute Gasteiger partial charge is 0.482 e. The highest BCUT2D eigenvalue weighted by atomic mass is 16.5.